The molecule has 3 aromatic rings. The predicted octanol–water partition coefficient (Wildman–Crippen LogP) is 5.43. The molecule has 6 nitrogen and oxygen atoms in total. The fourth-order valence-electron chi connectivity index (χ4n) is 2.63. The standard InChI is InChI=1S/C19H7ClF8N2O4S/c20-7-1-4-11-9(5-7)29-12(35-11)6-34-10-3-2-8(21)13(14(10)22)15(31)30(16(32)18(23,24)25)17(33)19(26,27)28/h1-5H,6H2. The van der Waals surface area contributed by atoms with Crippen molar-refractivity contribution in [2.45, 2.75) is 19.0 Å². The number of hydrogen-bond acceptors (Lipinski definition) is 6. The van der Waals surface area contributed by atoms with Crippen LogP contribution in [0.15, 0.2) is 30.3 Å². The Kier molecular flexibility index (Phi) is 7.04. The maximum atomic E-state index is 14.8. The summed E-state index contributed by atoms with van der Waals surface area (Å²) in [6, 6.07) is 5.54. The van der Waals surface area contributed by atoms with E-state index >= 15 is 0 Å². The van der Waals surface area contributed by atoms with E-state index in [1.807, 2.05) is 0 Å². The van der Waals surface area contributed by atoms with E-state index < -0.39 is 64.5 Å². The first kappa shape index (κ1) is 26.3. The maximum Gasteiger partial charge on any atom is 0.472 e. The number of amides is 3. The smallest absolute Gasteiger partial charge is 0.472 e. The summed E-state index contributed by atoms with van der Waals surface area (Å²) in [5.74, 6) is -15.0. The average molecular weight is 547 g/mol. The number of rotatable bonds is 4. The van der Waals surface area contributed by atoms with Gasteiger partial charge in [-0.25, -0.2) is 13.8 Å². The molecule has 16 heteroatoms. The molecule has 0 spiro atoms. The van der Waals surface area contributed by atoms with Crippen molar-refractivity contribution in [2.24, 2.45) is 0 Å². The Balaban J connectivity index is 1.96. The highest BCUT2D eigenvalue weighted by atomic mass is 35.5. The summed E-state index contributed by atoms with van der Waals surface area (Å²) in [7, 11) is 0. The Morgan fingerprint density at radius 1 is 0.971 bits per heavy atom. The second kappa shape index (κ2) is 9.37. The van der Waals surface area contributed by atoms with Gasteiger partial charge in [-0.05, 0) is 30.3 Å². The largest absolute Gasteiger partial charge is 0.483 e. The van der Waals surface area contributed by atoms with Gasteiger partial charge in [-0.2, -0.15) is 31.2 Å². The molecule has 0 N–H and O–H groups in total. The van der Waals surface area contributed by atoms with Crippen molar-refractivity contribution in [3.63, 3.8) is 0 Å². The molecule has 0 aliphatic carbocycles. The number of ether oxygens (including phenoxy) is 1. The van der Waals surface area contributed by atoms with Gasteiger partial charge in [0.25, 0.3) is 5.91 Å². The number of aromatic nitrogens is 1. The van der Waals surface area contributed by atoms with Crippen molar-refractivity contribution in [1.29, 1.82) is 0 Å². The summed E-state index contributed by atoms with van der Waals surface area (Å²) in [6.07, 6.45) is -12.3. The quantitative estimate of drug-likeness (QED) is 0.408. The van der Waals surface area contributed by atoms with Crippen molar-refractivity contribution >= 4 is 50.9 Å². The first-order valence-electron chi connectivity index (χ1n) is 8.83. The molecular weight excluding hydrogens is 540 g/mol. The zero-order chi connectivity index (χ0) is 26.3. The van der Waals surface area contributed by atoms with Crippen LogP contribution in [0.1, 0.15) is 15.4 Å². The second-order valence-corrected chi connectivity index (χ2v) is 8.04. The molecule has 0 bridgehead atoms. The van der Waals surface area contributed by atoms with E-state index in [1.165, 1.54) is 6.07 Å². The molecule has 0 unspecified atom stereocenters. The number of alkyl halides is 6. The molecule has 1 heterocycles. The fraction of sp³-hybridized carbons (Fsp3) is 0.158. The SMILES string of the molecule is O=C(c1c(F)ccc(OCc2nc3cc(Cl)ccc3s2)c1F)N(C(=O)C(F)(F)F)C(=O)C(F)(F)F. The molecule has 0 saturated carbocycles. The Labute approximate surface area is 197 Å². The van der Waals surface area contributed by atoms with Gasteiger partial charge in [-0.1, -0.05) is 11.6 Å². The van der Waals surface area contributed by atoms with Gasteiger partial charge in [0.05, 0.1) is 10.2 Å². The Hall–Kier alpha value is -3.33. The minimum Gasteiger partial charge on any atom is -0.483 e. The lowest BCUT2D eigenvalue weighted by molar-refractivity contribution is -0.199. The van der Waals surface area contributed by atoms with Crippen LogP contribution >= 0.6 is 22.9 Å². The van der Waals surface area contributed by atoms with Crippen molar-refractivity contribution in [3.05, 3.63) is 57.6 Å². The third-order valence-corrected chi connectivity index (χ3v) is 5.35. The first-order chi connectivity index (χ1) is 16.1. The summed E-state index contributed by atoms with van der Waals surface area (Å²) in [4.78, 5) is 37.2. The first-order valence-corrected chi connectivity index (χ1v) is 10.0. The van der Waals surface area contributed by atoms with Crippen LogP contribution < -0.4 is 4.74 Å². The molecule has 0 aliphatic rings. The molecule has 1 aromatic heterocycles. The molecule has 3 amide bonds. The highest BCUT2D eigenvalue weighted by molar-refractivity contribution is 7.18. The van der Waals surface area contributed by atoms with E-state index in [9.17, 15) is 49.5 Å². The summed E-state index contributed by atoms with van der Waals surface area (Å²) in [5, 5.41) is 0.564. The lowest BCUT2D eigenvalue weighted by Crippen LogP contribution is -2.53. The molecule has 0 aliphatic heterocycles. The van der Waals surface area contributed by atoms with Crippen LogP contribution in [0.25, 0.3) is 10.2 Å². The zero-order valence-corrected chi connectivity index (χ0v) is 18.0. The van der Waals surface area contributed by atoms with Gasteiger partial charge in [0, 0.05) is 5.02 Å². The minimum absolute atomic E-state index is 0.208. The maximum absolute atomic E-state index is 14.8. The summed E-state index contributed by atoms with van der Waals surface area (Å²) >= 11 is 6.89. The molecule has 0 radical (unpaired) electrons. The van der Waals surface area contributed by atoms with Gasteiger partial charge >= 0.3 is 24.2 Å². The number of nitrogens with zero attached hydrogens (tertiary/aromatic N) is 2. The van der Waals surface area contributed by atoms with Gasteiger partial charge < -0.3 is 4.74 Å². The topological polar surface area (TPSA) is 76.6 Å². The normalized spacial score (nSPS) is 12.0. The van der Waals surface area contributed by atoms with Crippen LogP contribution in [0, 0.1) is 11.6 Å². The number of fused-ring (bicyclic) bond motifs is 1. The minimum atomic E-state index is -6.16. The Bertz CT molecular complexity index is 1310. The number of benzene rings is 2. The fourth-order valence-corrected chi connectivity index (χ4v) is 3.66. The predicted molar refractivity (Wildman–Crippen MR) is 104 cm³/mol. The lowest BCUT2D eigenvalue weighted by Gasteiger charge is -2.22. The molecule has 3 rings (SSSR count). The van der Waals surface area contributed by atoms with Crippen molar-refractivity contribution in [2.75, 3.05) is 0 Å². The third-order valence-electron chi connectivity index (χ3n) is 4.11. The number of halogens is 9. The van der Waals surface area contributed by atoms with E-state index in [2.05, 4.69) is 4.98 Å². The van der Waals surface area contributed by atoms with Gasteiger partial charge in [0.15, 0.2) is 11.6 Å². The molecule has 2 aromatic carbocycles. The van der Waals surface area contributed by atoms with Crippen LogP contribution in [0.4, 0.5) is 35.1 Å². The number of hydrogen-bond donors (Lipinski definition) is 0. The molecular formula is C19H7ClF8N2O4S. The van der Waals surface area contributed by atoms with Crippen LogP contribution in [-0.4, -0.2) is 40.0 Å². The summed E-state index contributed by atoms with van der Waals surface area (Å²) < 4.78 is 111. The molecule has 0 fully saturated rings. The van der Waals surface area contributed by atoms with Gasteiger partial charge in [-0.15, -0.1) is 11.3 Å². The van der Waals surface area contributed by atoms with Crippen LogP contribution in [-0.2, 0) is 16.2 Å². The van der Waals surface area contributed by atoms with Gasteiger partial charge in [-0.3, -0.25) is 14.4 Å². The van der Waals surface area contributed by atoms with E-state index in [-0.39, 0.29) is 11.1 Å². The molecule has 35 heavy (non-hydrogen) atoms. The Morgan fingerprint density at radius 3 is 2.14 bits per heavy atom. The van der Waals surface area contributed by atoms with E-state index in [0.717, 1.165) is 11.3 Å². The summed E-state index contributed by atoms with van der Waals surface area (Å²) in [5.41, 5.74) is -1.61. The van der Waals surface area contributed by atoms with Crippen molar-refractivity contribution < 1.29 is 54.2 Å². The number of thiazole rings is 1. The highest BCUT2D eigenvalue weighted by Gasteiger charge is 2.55. The van der Waals surface area contributed by atoms with Gasteiger partial charge in [0.1, 0.15) is 23.0 Å². The van der Waals surface area contributed by atoms with Crippen molar-refractivity contribution in [1.82, 2.24) is 9.88 Å². The summed E-state index contributed by atoms with van der Waals surface area (Å²) in [6.45, 7) is -0.514. The van der Waals surface area contributed by atoms with Crippen LogP contribution in [0.5, 0.6) is 5.75 Å². The van der Waals surface area contributed by atoms with E-state index in [0.29, 0.717) is 21.3 Å². The van der Waals surface area contributed by atoms with Crippen LogP contribution in [0.3, 0.4) is 0 Å². The number of carbonyl (C=O) groups excluding carboxylic acids is 3. The second-order valence-electron chi connectivity index (χ2n) is 6.49. The molecule has 0 atom stereocenters. The zero-order valence-electron chi connectivity index (χ0n) is 16.4. The monoisotopic (exact) mass is 546 g/mol. The van der Waals surface area contributed by atoms with E-state index in [4.69, 9.17) is 16.3 Å². The molecule has 0 saturated heterocycles. The van der Waals surface area contributed by atoms with E-state index in [1.54, 1.807) is 12.1 Å². The number of imide groups is 3. The molecule has 186 valence electrons. The average Bonchev–Trinajstić information content (AvgIpc) is 3.14. The third kappa shape index (κ3) is 5.51. The van der Waals surface area contributed by atoms with Crippen LogP contribution in [0.2, 0.25) is 5.02 Å². The Morgan fingerprint density at radius 2 is 1.57 bits per heavy atom. The van der Waals surface area contributed by atoms with Gasteiger partial charge in [0.2, 0.25) is 0 Å². The van der Waals surface area contributed by atoms with Crippen molar-refractivity contribution in [3.8, 4) is 5.75 Å². The number of carbonyl (C=O) groups is 3. The lowest BCUT2D eigenvalue weighted by atomic mass is 10.1. The highest BCUT2D eigenvalue weighted by Crippen LogP contribution is 2.31.